The van der Waals surface area contributed by atoms with Gasteiger partial charge in [0.2, 0.25) is 11.8 Å². The standard InChI is InChI=1S/C14H18FN3O2.ClH/c1-8(10-6-16-7-10)14(20)18-11-3-4-12(15)13(5-11)17-9(2)19;/h3-5,8,10,16H,6-7H2,1-2H3,(H,17,19)(H,18,20);1H. The smallest absolute Gasteiger partial charge is 0.227 e. The van der Waals surface area contributed by atoms with Crippen molar-refractivity contribution in [1.82, 2.24) is 5.32 Å². The van der Waals surface area contributed by atoms with Crippen molar-refractivity contribution in [3.05, 3.63) is 24.0 Å². The zero-order valence-electron chi connectivity index (χ0n) is 11.9. The summed E-state index contributed by atoms with van der Waals surface area (Å²) in [4.78, 5) is 23.0. The van der Waals surface area contributed by atoms with Gasteiger partial charge in [-0.1, -0.05) is 6.92 Å². The van der Waals surface area contributed by atoms with Gasteiger partial charge in [0.25, 0.3) is 0 Å². The Bertz CT molecular complexity index is 535. The molecule has 1 aromatic carbocycles. The van der Waals surface area contributed by atoms with E-state index in [0.717, 1.165) is 13.1 Å². The lowest BCUT2D eigenvalue weighted by atomic mass is 9.88. The first kappa shape index (κ1) is 17.4. The summed E-state index contributed by atoms with van der Waals surface area (Å²) in [6.07, 6.45) is 0. The first-order valence-electron chi connectivity index (χ1n) is 6.56. The van der Waals surface area contributed by atoms with Crippen molar-refractivity contribution in [2.75, 3.05) is 23.7 Å². The molecular formula is C14H19ClFN3O2. The molecule has 1 atom stereocenters. The van der Waals surface area contributed by atoms with Gasteiger partial charge in [0, 0.05) is 18.5 Å². The molecule has 1 fully saturated rings. The molecule has 2 amide bonds. The van der Waals surface area contributed by atoms with Gasteiger partial charge in [-0.2, -0.15) is 0 Å². The van der Waals surface area contributed by atoms with Crippen molar-refractivity contribution in [1.29, 1.82) is 0 Å². The molecule has 0 aromatic heterocycles. The van der Waals surface area contributed by atoms with Gasteiger partial charge < -0.3 is 16.0 Å². The zero-order chi connectivity index (χ0) is 14.7. The number of hydrogen-bond acceptors (Lipinski definition) is 3. The molecule has 2 rings (SSSR count). The lowest BCUT2D eigenvalue weighted by Gasteiger charge is -2.31. The number of halogens is 2. The van der Waals surface area contributed by atoms with Gasteiger partial charge in [-0.15, -0.1) is 12.4 Å². The molecule has 3 N–H and O–H groups in total. The van der Waals surface area contributed by atoms with Crippen molar-refractivity contribution in [3.63, 3.8) is 0 Å². The molecule has 1 unspecified atom stereocenters. The van der Waals surface area contributed by atoms with Gasteiger partial charge in [0.1, 0.15) is 5.82 Å². The number of nitrogens with one attached hydrogen (secondary N) is 3. The first-order valence-corrected chi connectivity index (χ1v) is 6.56. The van der Waals surface area contributed by atoms with E-state index in [1.54, 1.807) is 0 Å². The van der Waals surface area contributed by atoms with Crippen LogP contribution in [0.4, 0.5) is 15.8 Å². The number of carbonyl (C=O) groups is 2. The molecule has 116 valence electrons. The third-order valence-corrected chi connectivity index (χ3v) is 3.48. The molecule has 0 saturated carbocycles. The third-order valence-electron chi connectivity index (χ3n) is 3.48. The summed E-state index contributed by atoms with van der Waals surface area (Å²) >= 11 is 0. The van der Waals surface area contributed by atoms with Crippen LogP contribution in [0.3, 0.4) is 0 Å². The SMILES string of the molecule is CC(=O)Nc1cc(NC(=O)C(C)C2CNC2)ccc1F.Cl. The molecule has 1 heterocycles. The summed E-state index contributed by atoms with van der Waals surface area (Å²) < 4.78 is 13.5. The Kier molecular flexibility index (Phi) is 6.11. The van der Waals surface area contributed by atoms with Crippen LogP contribution in [0.25, 0.3) is 0 Å². The van der Waals surface area contributed by atoms with Crippen LogP contribution in [0.2, 0.25) is 0 Å². The van der Waals surface area contributed by atoms with Crippen LogP contribution in [0.1, 0.15) is 13.8 Å². The maximum Gasteiger partial charge on any atom is 0.227 e. The number of benzene rings is 1. The van der Waals surface area contributed by atoms with Gasteiger partial charge in [-0.3, -0.25) is 9.59 Å². The molecule has 0 spiro atoms. The summed E-state index contributed by atoms with van der Waals surface area (Å²) in [5, 5.41) is 8.25. The van der Waals surface area contributed by atoms with Gasteiger partial charge in [0.15, 0.2) is 0 Å². The van der Waals surface area contributed by atoms with Crippen molar-refractivity contribution < 1.29 is 14.0 Å². The molecule has 21 heavy (non-hydrogen) atoms. The van der Waals surface area contributed by atoms with E-state index in [-0.39, 0.29) is 35.8 Å². The largest absolute Gasteiger partial charge is 0.326 e. The van der Waals surface area contributed by atoms with Crippen molar-refractivity contribution in [3.8, 4) is 0 Å². The average molecular weight is 316 g/mol. The molecule has 0 bridgehead atoms. The first-order chi connectivity index (χ1) is 9.47. The zero-order valence-corrected chi connectivity index (χ0v) is 12.7. The van der Waals surface area contributed by atoms with Gasteiger partial charge in [-0.25, -0.2) is 4.39 Å². The molecule has 5 nitrogen and oxygen atoms in total. The highest BCUT2D eigenvalue weighted by molar-refractivity contribution is 5.94. The number of hydrogen-bond donors (Lipinski definition) is 3. The summed E-state index contributed by atoms with van der Waals surface area (Å²) in [5.74, 6) is -0.761. The van der Waals surface area contributed by atoms with E-state index in [4.69, 9.17) is 0 Å². The summed E-state index contributed by atoms with van der Waals surface area (Å²) in [7, 11) is 0. The predicted octanol–water partition coefficient (Wildman–Crippen LogP) is 2.00. The molecule has 0 radical (unpaired) electrons. The number of anilines is 2. The van der Waals surface area contributed by atoms with E-state index >= 15 is 0 Å². The molecule has 1 aliphatic heterocycles. The minimum Gasteiger partial charge on any atom is -0.326 e. The van der Waals surface area contributed by atoms with E-state index in [0.29, 0.717) is 11.6 Å². The number of carbonyl (C=O) groups excluding carboxylic acids is 2. The summed E-state index contributed by atoms with van der Waals surface area (Å²) in [6, 6.07) is 4.11. The Morgan fingerprint density at radius 2 is 2.00 bits per heavy atom. The highest BCUT2D eigenvalue weighted by Crippen LogP contribution is 2.22. The van der Waals surface area contributed by atoms with E-state index in [2.05, 4.69) is 16.0 Å². The van der Waals surface area contributed by atoms with Crippen LogP contribution in [0.5, 0.6) is 0 Å². The second-order valence-corrected chi connectivity index (χ2v) is 5.07. The Morgan fingerprint density at radius 3 is 2.52 bits per heavy atom. The minimum absolute atomic E-state index is 0. The molecule has 0 aliphatic carbocycles. The minimum atomic E-state index is -0.533. The van der Waals surface area contributed by atoms with E-state index in [1.807, 2.05) is 6.92 Å². The highest BCUT2D eigenvalue weighted by Gasteiger charge is 2.28. The fourth-order valence-electron chi connectivity index (χ4n) is 2.02. The van der Waals surface area contributed by atoms with Crippen molar-refractivity contribution >= 4 is 35.6 Å². The lowest BCUT2D eigenvalue weighted by Crippen LogP contribution is -2.48. The van der Waals surface area contributed by atoms with E-state index < -0.39 is 5.82 Å². The Hall–Kier alpha value is -1.66. The Balaban J connectivity index is 0.00000220. The monoisotopic (exact) mass is 315 g/mol. The van der Waals surface area contributed by atoms with Crippen LogP contribution in [-0.2, 0) is 9.59 Å². The van der Waals surface area contributed by atoms with Crippen LogP contribution in [-0.4, -0.2) is 24.9 Å². The fourth-order valence-corrected chi connectivity index (χ4v) is 2.02. The number of rotatable bonds is 4. The molecule has 7 heteroatoms. The van der Waals surface area contributed by atoms with Gasteiger partial charge >= 0.3 is 0 Å². The average Bonchev–Trinajstić information content (AvgIpc) is 2.30. The maximum atomic E-state index is 13.5. The second kappa shape index (κ2) is 7.38. The normalized spacial score (nSPS) is 15.4. The van der Waals surface area contributed by atoms with E-state index in [1.165, 1.54) is 25.1 Å². The van der Waals surface area contributed by atoms with Crippen molar-refractivity contribution in [2.24, 2.45) is 11.8 Å². The molecule has 1 saturated heterocycles. The van der Waals surface area contributed by atoms with Crippen LogP contribution >= 0.6 is 12.4 Å². The lowest BCUT2D eigenvalue weighted by molar-refractivity contribution is -0.121. The Labute approximate surface area is 129 Å². The Morgan fingerprint density at radius 1 is 1.33 bits per heavy atom. The van der Waals surface area contributed by atoms with Crippen LogP contribution < -0.4 is 16.0 Å². The fraction of sp³-hybridized carbons (Fsp3) is 0.429. The molecular weight excluding hydrogens is 297 g/mol. The third kappa shape index (κ3) is 4.41. The topological polar surface area (TPSA) is 70.2 Å². The van der Waals surface area contributed by atoms with Gasteiger partial charge in [-0.05, 0) is 37.2 Å². The maximum absolute atomic E-state index is 13.5. The summed E-state index contributed by atoms with van der Waals surface area (Å²) in [5.41, 5.74) is 0.535. The van der Waals surface area contributed by atoms with Crippen molar-refractivity contribution in [2.45, 2.75) is 13.8 Å². The quantitative estimate of drug-likeness (QED) is 0.796. The summed E-state index contributed by atoms with van der Waals surface area (Å²) in [6.45, 7) is 4.86. The molecule has 1 aromatic rings. The second-order valence-electron chi connectivity index (χ2n) is 5.07. The molecule has 1 aliphatic rings. The number of amides is 2. The van der Waals surface area contributed by atoms with Crippen LogP contribution in [0, 0.1) is 17.7 Å². The van der Waals surface area contributed by atoms with E-state index in [9.17, 15) is 14.0 Å². The van der Waals surface area contributed by atoms with Crippen LogP contribution in [0.15, 0.2) is 18.2 Å². The highest BCUT2D eigenvalue weighted by atomic mass is 35.5. The van der Waals surface area contributed by atoms with Gasteiger partial charge in [0.05, 0.1) is 5.69 Å². The predicted molar refractivity (Wildman–Crippen MR) is 82.1 cm³/mol.